The van der Waals surface area contributed by atoms with E-state index in [1.165, 1.54) is 65.3 Å². The van der Waals surface area contributed by atoms with E-state index in [1.54, 1.807) is 0 Å². The quantitative estimate of drug-likeness (QED) is 0.170. The normalized spacial score (nSPS) is 28.4. The van der Waals surface area contributed by atoms with Gasteiger partial charge in [-0.15, -0.1) is 11.3 Å². The smallest absolute Gasteiger partial charge is 0.152 e. The van der Waals surface area contributed by atoms with E-state index in [0.717, 1.165) is 22.5 Å². The van der Waals surface area contributed by atoms with Crippen LogP contribution >= 0.6 is 11.3 Å². The molecule has 14 rings (SSSR count). The van der Waals surface area contributed by atoms with Gasteiger partial charge in [0.15, 0.2) is 5.82 Å². The molecular weight excluding hydrogens is 679 g/mol. The van der Waals surface area contributed by atoms with Crippen molar-refractivity contribution < 1.29 is 0 Å². The predicted octanol–water partition coefficient (Wildman–Crippen LogP) is 11.3. The van der Waals surface area contributed by atoms with Crippen molar-refractivity contribution in [1.82, 2.24) is 14.5 Å². The minimum Gasteiger partial charge on any atom is -0.337 e. The number of aromatic nitrogens is 3. The van der Waals surface area contributed by atoms with Crippen LogP contribution in [0.5, 0.6) is 0 Å². The molecule has 1 saturated heterocycles. The number of hydrogen-bond donors (Lipinski definition) is 0. The summed E-state index contributed by atoms with van der Waals surface area (Å²) in [5.74, 6) is 2.01. The Morgan fingerprint density at radius 1 is 0.630 bits per heavy atom. The van der Waals surface area contributed by atoms with Gasteiger partial charge in [0.2, 0.25) is 0 Å². The van der Waals surface area contributed by atoms with Gasteiger partial charge in [0.05, 0.1) is 43.6 Å². The molecule has 0 amide bonds. The maximum atomic E-state index is 5.56. The van der Waals surface area contributed by atoms with Gasteiger partial charge in [-0.25, -0.2) is 9.97 Å². The summed E-state index contributed by atoms with van der Waals surface area (Å²) in [4.78, 5) is 18.6. The van der Waals surface area contributed by atoms with E-state index in [4.69, 9.17) is 9.97 Å². The van der Waals surface area contributed by atoms with Crippen molar-refractivity contribution in [1.29, 1.82) is 0 Å². The molecule has 3 aromatic heterocycles. The third-order valence-electron chi connectivity index (χ3n) is 14.5. The van der Waals surface area contributed by atoms with E-state index in [9.17, 15) is 0 Å². The average molecular weight is 712 g/mol. The van der Waals surface area contributed by atoms with Crippen LogP contribution < -0.4 is 9.80 Å². The number of nitrogens with zero attached hydrogens (tertiary/aromatic N) is 5. The molecule has 3 aliphatic carbocycles. The topological polar surface area (TPSA) is 37.0 Å². The summed E-state index contributed by atoms with van der Waals surface area (Å²) >= 11 is 1.83. The molecule has 5 nitrogen and oxygen atoms in total. The number of hydrogen-bond acceptors (Lipinski definition) is 5. The monoisotopic (exact) mass is 711 g/mol. The molecule has 6 atom stereocenters. The first kappa shape index (κ1) is 28.5. The van der Waals surface area contributed by atoms with Crippen LogP contribution in [0.3, 0.4) is 0 Å². The fraction of sp³-hybridized carbons (Fsp3) is 0.167. The third-order valence-corrected chi connectivity index (χ3v) is 15.8. The summed E-state index contributed by atoms with van der Waals surface area (Å²) in [6.07, 6.45) is 9.06. The van der Waals surface area contributed by atoms with Crippen molar-refractivity contribution in [3.8, 4) is 26.6 Å². The molecule has 5 aromatic carbocycles. The molecular formula is C48H33N5S. The molecule has 5 unspecified atom stereocenters. The van der Waals surface area contributed by atoms with Crippen molar-refractivity contribution in [2.24, 2.45) is 5.41 Å². The fourth-order valence-electron chi connectivity index (χ4n) is 11.9. The Labute approximate surface area is 316 Å². The van der Waals surface area contributed by atoms with Gasteiger partial charge in [0.1, 0.15) is 11.0 Å². The average Bonchev–Trinajstić information content (AvgIpc) is 3.76. The largest absolute Gasteiger partial charge is 0.337 e. The standard InChI is InChI=1S/C48H33N5S/c1-46-44-41-45(53-47(46,2)48(44,46)53)50-40-39(49-41)42(27-19-23-29(24-20-27)51-35-15-7-3-11-31(35)32-12-4-8-16-36(32)51)54-43(40)28-21-25-30(26-22-28)52-37-17-9-5-13-33(37)34-14-6-10-18-38(34)52/h3-26,31,35,44H,1-2H3/t31?,35?,44?,46-,47?,48?,53?/m0/s1. The Morgan fingerprint density at radius 2 is 1.24 bits per heavy atom. The zero-order valence-electron chi connectivity index (χ0n) is 29.7. The first-order valence-corrected chi connectivity index (χ1v) is 19.9. The van der Waals surface area contributed by atoms with Crippen LogP contribution in [-0.4, -0.2) is 31.7 Å². The molecule has 0 bridgehead atoms. The number of para-hydroxylation sites is 3. The molecule has 0 radical (unpaired) electrons. The highest BCUT2D eigenvalue weighted by atomic mass is 32.1. The summed E-state index contributed by atoms with van der Waals surface area (Å²) in [7, 11) is 0. The lowest BCUT2D eigenvalue weighted by atomic mass is 9.91. The Kier molecular flexibility index (Phi) is 4.77. The molecule has 6 heterocycles. The van der Waals surface area contributed by atoms with Gasteiger partial charge in [-0.05, 0) is 66.1 Å². The van der Waals surface area contributed by atoms with Crippen molar-refractivity contribution in [2.45, 2.75) is 42.8 Å². The second-order valence-corrected chi connectivity index (χ2v) is 17.4. The van der Waals surface area contributed by atoms with E-state index >= 15 is 0 Å². The van der Waals surface area contributed by atoms with Crippen LogP contribution in [0, 0.1) is 5.41 Å². The number of allylic oxidation sites excluding steroid dienone is 2. The second-order valence-electron chi connectivity index (χ2n) is 16.4. The third kappa shape index (κ3) is 2.91. The van der Waals surface area contributed by atoms with Gasteiger partial charge in [-0.1, -0.05) is 110 Å². The van der Waals surface area contributed by atoms with Crippen LogP contribution in [-0.2, 0) is 0 Å². The molecule has 6 heteroatoms. The Balaban J connectivity index is 0.905. The van der Waals surface area contributed by atoms with E-state index in [-0.39, 0.29) is 11.6 Å². The summed E-state index contributed by atoms with van der Waals surface area (Å²) in [6, 6.07) is 44.9. The van der Waals surface area contributed by atoms with Crippen molar-refractivity contribution in [3.05, 3.63) is 157 Å². The van der Waals surface area contributed by atoms with Crippen LogP contribution in [0.15, 0.2) is 146 Å². The summed E-state index contributed by atoms with van der Waals surface area (Å²) < 4.78 is 2.39. The molecule has 3 fully saturated rings. The lowest BCUT2D eigenvalue weighted by Gasteiger charge is -2.28. The molecule has 6 aliphatic rings. The first-order valence-electron chi connectivity index (χ1n) is 19.1. The predicted molar refractivity (Wildman–Crippen MR) is 220 cm³/mol. The van der Waals surface area contributed by atoms with Gasteiger partial charge in [-0.2, -0.15) is 0 Å². The molecule has 2 saturated carbocycles. The van der Waals surface area contributed by atoms with Crippen LogP contribution in [0.25, 0.3) is 59.4 Å². The van der Waals surface area contributed by atoms with E-state index in [2.05, 4.69) is 174 Å². The van der Waals surface area contributed by atoms with Gasteiger partial charge in [-0.3, -0.25) is 0 Å². The summed E-state index contributed by atoms with van der Waals surface area (Å²) in [6.45, 7) is 4.88. The van der Waals surface area contributed by atoms with Crippen molar-refractivity contribution in [2.75, 3.05) is 9.80 Å². The molecule has 256 valence electrons. The van der Waals surface area contributed by atoms with E-state index in [1.807, 2.05) is 11.3 Å². The second kappa shape index (κ2) is 9.03. The molecule has 1 spiro atoms. The molecule has 3 aliphatic heterocycles. The fourth-order valence-corrected chi connectivity index (χ4v) is 13.1. The zero-order chi connectivity index (χ0) is 35.3. The van der Waals surface area contributed by atoms with Gasteiger partial charge >= 0.3 is 0 Å². The van der Waals surface area contributed by atoms with E-state index < -0.39 is 0 Å². The Bertz CT molecular complexity index is 3030. The molecule has 54 heavy (non-hydrogen) atoms. The van der Waals surface area contributed by atoms with Crippen molar-refractivity contribution in [3.63, 3.8) is 0 Å². The summed E-state index contributed by atoms with van der Waals surface area (Å²) in [5.41, 5.74) is 14.1. The van der Waals surface area contributed by atoms with Crippen molar-refractivity contribution >= 4 is 61.4 Å². The number of rotatable bonds is 4. The molecule has 8 aromatic rings. The maximum absolute atomic E-state index is 5.56. The van der Waals surface area contributed by atoms with Gasteiger partial charge in [0, 0.05) is 45.1 Å². The molecule has 0 N–H and O–H groups in total. The Hall–Kier alpha value is -5.98. The first-order chi connectivity index (χ1) is 26.6. The maximum Gasteiger partial charge on any atom is 0.152 e. The highest BCUT2D eigenvalue weighted by Crippen LogP contribution is 3.10. The zero-order valence-corrected chi connectivity index (χ0v) is 30.5. The van der Waals surface area contributed by atoms with Gasteiger partial charge in [0.25, 0.3) is 0 Å². The van der Waals surface area contributed by atoms with Crippen LogP contribution in [0.4, 0.5) is 17.2 Å². The Morgan fingerprint density at radius 3 is 1.96 bits per heavy atom. The van der Waals surface area contributed by atoms with E-state index in [0.29, 0.717) is 22.8 Å². The summed E-state index contributed by atoms with van der Waals surface area (Å²) in [5, 5.41) is 2.55. The lowest BCUT2D eigenvalue weighted by molar-refractivity contribution is 0.484. The highest BCUT2D eigenvalue weighted by molar-refractivity contribution is 7.20. The number of fused-ring (bicyclic) bond motifs is 13. The SMILES string of the molecule is CC12N3c4nc5c(-c6ccc(-n7c8ccccc8c8ccccc87)cc6)sc(-c6ccc(N7c8ccccc8C8C=CC=CC87)cc6)c5nc4C4C31[C@@]42C. The lowest BCUT2D eigenvalue weighted by Crippen LogP contribution is -2.29. The highest BCUT2D eigenvalue weighted by Gasteiger charge is 3.21. The van der Waals surface area contributed by atoms with Crippen LogP contribution in [0.1, 0.15) is 36.9 Å². The number of anilines is 3. The van der Waals surface area contributed by atoms with Crippen LogP contribution in [0.2, 0.25) is 0 Å². The minimum absolute atomic E-state index is 0.282. The number of thiophene rings is 1. The minimum atomic E-state index is 0.282. The van der Waals surface area contributed by atoms with Gasteiger partial charge < -0.3 is 14.4 Å². The number of benzene rings is 5.